The molecule has 102 valence electrons. The summed E-state index contributed by atoms with van der Waals surface area (Å²) in [7, 11) is 0. The second-order valence-electron chi connectivity index (χ2n) is 4.90. The molecule has 0 aliphatic rings. The molecule has 4 heteroatoms. The van der Waals surface area contributed by atoms with Gasteiger partial charge in [-0.2, -0.15) is 0 Å². The quantitative estimate of drug-likeness (QED) is 0.787. The number of aromatic hydroxyl groups is 1. The van der Waals surface area contributed by atoms with E-state index in [1.165, 1.54) is 10.4 Å². The van der Waals surface area contributed by atoms with Crippen LogP contribution in [0, 0.1) is 0 Å². The summed E-state index contributed by atoms with van der Waals surface area (Å²) in [6, 6.07) is 13.3. The van der Waals surface area contributed by atoms with Gasteiger partial charge in [0.05, 0.1) is 0 Å². The molecule has 0 atom stereocenters. The first-order valence-electron chi connectivity index (χ1n) is 6.92. The van der Waals surface area contributed by atoms with E-state index in [1.54, 1.807) is 6.07 Å². The summed E-state index contributed by atoms with van der Waals surface area (Å²) in [6.07, 6.45) is 3.30. The Morgan fingerprint density at radius 3 is 2.40 bits per heavy atom. The van der Waals surface area contributed by atoms with Crippen LogP contribution in [-0.4, -0.2) is 20.1 Å². The van der Waals surface area contributed by atoms with Crippen LogP contribution in [0.2, 0.25) is 0 Å². The summed E-state index contributed by atoms with van der Waals surface area (Å²) in [5.41, 5.74) is 3.48. The molecule has 1 N–H and O–H groups in total. The van der Waals surface area contributed by atoms with E-state index in [0.717, 1.165) is 30.3 Å². The van der Waals surface area contributed by atoms with Gasteiger partial charge in [-0.1, -0.05) is 31.5 Å². The molecular weight excluding hydrogens is 250 g/mol. The SMILES string of the molecule is CCCCc1ccc(O)c(-n2nc3ccccc3n2)c1. The van der Waals surface area contributed by atoms with E-state index in [1.807, 2.05) is 36.4 Å². The van der Waals surface area contributed by atoms with E-state index >= 15 is 0 Å². The van der Waals surface area contributed by atoms with Crippen molar-refractivity contribution in [3.05, 3.63) is 48.0 Å². The third-order valence-corrected chi connectivity index (χ3v) is 3.36. The van der Waals surface area contributed by atoms with Gasteiger partial charge in [0.15, 0.2) is 0 Å². The maximum absolute atomic E-state index is 10.0. The van der Waals surface area contributed by atoms with Crippen molar-refractivity contribution in [2.75, 3.05) is 0 Å². The van der Waals surface area contributed by atoms with Gasteiger partial charge in [0.25, 0.3) is 0 Å². The average molecular weight is 267 g/mol. The van der Waals surface area contributed by atoms with Gasteiger partial charge in [0, 0.05) is 0 Å². The van der Waals surface area contributed by atoms with Crippen LogP contribution in [0.3, 0.4) is 0 Å². The highest BCUT2D eigenvalue weighted by molar-refractivity contribution is 5.73. The van der Waals surface area contributed by atoms with E-state index in [0.29, 0.717) is 5.69 Å². The molecule has 0 saturated carbocycles. The number of phenolic OH excluding ortho intramolecular Hbond substituents is 1. The number of rotatable bonds is 4. The van der Waals surface area contributed by atoms with Gasteiger partial charge in [0.2, 0.25) is 0 Å². The van der Waals surface area contributed by atoms with Crippen molar-refractivity contribution in [3.8, 4) is 11.4 Å². The lowest BCUT2D eigenvalue weighted by molar-refractivity contribution is 0.467. The maximum Gasteiger partial charge on any atom is 0.143 e. The molecule has 3 rings (SSSR count). The van der Waals surface area contributed by atoms with Crippen LogP contribution in [0.4, 0.5) is 0 Å². The summed E-state index contributed by atoms with van der Waals surface area (Å²) in [5.74, 6) is 0.200. The monoisotopic (exact) mass is 267 g/mol. The largest absolute Gasteiger partial charge is 0.506 e. The van der Waals surface area contributed by atoms with Crippen LogP contribution in [0.1, 0.15) is 25.3 Å². The topological polar surface area (TPSA) is 50.9 Å². The molecule has 3 aromatic rings. The normalized spacial score (nSPS) is 11.1. The summed E-state index contributed by atoms with van der Waals surface area (Å²) in [5, 5.41) is 18.9. The van der Waals surface area contributed by atoms with Gasteiger partial charge >= 0.3 is 0 Å². The van der Waals surface area contributed by atoms with Crippen molar-refractivity contribution in [1.82, 2.24) is 15.0 Å². The first-order chi connectivity index (χ1) is 9.78. The molecule has 1 heterocycles. The summed E-state index contributed by atoms with van der Waals surface area (Å²) < 4.78 is 0. The van der Waals surface area contributed by atoms with Crippen LogP contribution < -0.4 is 0 Å². The number of nitrogens with zero attached hydrogens (tertiary/aromatic N) is 3. The maximum atomic E-state index is 10.0. The second kappa shape index (κ2) is 5.33. The molecule has 0 spiro atoms. The molecule has 0 bridgehead atoms. The van der Waals surface area contributed by atoms with Gasteiger partial charge in [-0.3, -0.25) is 0 Å². The first-order valence-corrected chi connectivity index (χ1v) is 6.92. The molecule has 0 radical (unpaired) electrons. The number of benzene rings is 2. The molecule has 0 unspecified atom stereocenters. The molecule has 20 heavy (non-hydrogen) atoms. The Morgan fingerprint density at radius 2 is 1.75 bits per heavy atom. The van der Waals surface area contributed by atoms with Gasteiger partial charge < -0.3 is 5.11 Å². The standard InChI is InChI=1S/C16H17N3O/c1-2-3-6-12-9-10-16(20)15(11-12)19-17-13-7-4-5-8-14(13)18-19/h4-5,7-11,20H,2-3,6H2,1H3. The van der Waals surface area contributed by atoms with Crippen molar-refractivity contribution >= 4 is 11.0 Å². The van der Waals surface area contributed by atoms with Crippen LogP contribution in [0.25, 0.3) is 16.7 Å². The summed E-state index contributed by atoms with van der Waals surface area (Å²) >= 11 is 0. The predicted molar refractivity (Wildman–Crippen MR) is 79.1 cm³/mol. The Labute approximate surface area is 117 Å². The lowest BCUT2D eigenvalue weighted by Gasteiger charge is -2.06. The highest BCUT2D eigenvalue weighted by atomic mass is 16.3. The summed E-state index contributed by atoms with van der Waals surface area (Å²) in [6.45, 7) is 2.17. The summed E-state index contributed by atoms with van der Waals surface area (Å²) in [4.78, 5) is 1.51. The molecule has 0 amide bonds. The van der Waals surface area contributed by atoms with Crippen LogP contribution >= 0.6 is 0 Å². The molecule has 2 aromatic carbocycles. The lowest BCUT2D eigenvalue weighted by Crippen LogP contribution is -2.00. The molecule has 0 aliphatic heterocycles. The number of aromatic nitrogens is 3. The number of hydrogen-bond donors (Lipinski definition) is 1. The fourth-order valence-electron chi connectivity index (χ4n) is 2.23. The molecule has 0 saturated heterocycles. The minimum Gasteiger partial charge on any atom is -0.506 e. The van der Waals surface area contributed by atoms with Crippen molar-refractivity contribution in [1.29, 1.82) is 0 Å². The minimum atomic E-state index is 0.200. The van der Waals surface area contributed by atoms with Crippen LogP contribution in [0.15, 0.2) is 42.5 Å². The Balaban J connectivity index is 2.03. The van der Waals surface area contributed by atoms with E-state index in [4.69, 9.17) is 0 Å². The smallest absolute Gasteiger partial charge is 0.143 e. The second-order valence-corrected chi connectivity index (χ2v) is 4.90. The van der Waals surface area contributed by atoms with Gasteiger partial charge in [-0.05, 0) is 42.7 Å². The molecule has 1 aromatic heterocycles. The van der Waals surface area contributed by atoms with E-state index in [9.17, 15) is 5.11 Å². The Kier molecular flexibility index (Phi) is 3.37. The van der Waals surface area contributed by atoms with Crippen LogP contribution in [0.5, 0.6) is 5.75 Å². The average Bonchev–Trinajstić information content (AvgIpc) is 2.90. The van der Waals surface area contributed by atoms with Crippen molar-refractivity contribution in [2.24, 2.45) is 0 Å². The van der Waals surface area contributed by atoms with Crippen LogP contribution in [-0.2, 0) is 6.42 Å². The third kappa shape index (κ3) is 2.37. The number of hydrogen-bond acceptors (Lipinski definition) is 3. The molecular formula is C16H17N3O. The van der Waals surface area contributed by atoms with Gasteiger partial charge in [-0.25, -0.2) is 0 Å². The Hall–Kier alpha value is -2.36. The molecule has 0 fully saturated rings. The Bertz CT molecular complexity index is 700. The Morgan fingerprint density at radius 1 is 1.05 bits per heavy atom. The molecule has 4 nitrogen and oxygen atoms in total. The first kappa shape index (κ1) is 12.7. The molecule has 0 aliphatic carbocycles. The number of phenols is 1. The minimum absolute atomic E-state index is 0.200. The van der Waals surface area contributed by atoms with Gasteiger partial charge in [-0.15, -0.1) is 15.0 Å². The zero-order valence-electron chi connectivity index (χ0n) is 11.5. The zero-order chi connectivity index (χ0) is 13.9. The van der Waals surface area contributed by atoms with Gasteiger partial charge in [0.1, 0.15) is 22.5 Å². The van der Waals surface area contributed by atoms with Crippen molar-refractivity contribution in [2.45, 2.75) is 26.2 Å². The number of fused-ring (bicyclic) bond motifs is 1. The lowest BCUT2D eigenvalue weighted by atomic mass is 10.1. The predicted octanol–water partition coefficient (Wildman–Crippen LogP) is 3.47. The zero-order valence-corrected chi connectivity index (χ0v) is 11.5. The fraction of sp³-hybridized carbons (Fsp3) is 0.250. The number of aryl methyl sites for hydroxylation is 1. The van der Waals surface area contributed by atoms with E-state index in [2.05, 4.69) is 17.1 Å². The number of unbranched alkanes of at least 4 members (excludes halogenated alkanes) is 1. The highest BCUT2D eigenvalue weighted by Gasteiger charge is 2.09. The highest BCUT2D eigenvalue weighted by Crippen LogP contribution is 2.23. The third-order valence-electron chi connectivity index (χ3n) is 3.36. The fourth-order valence-corrected chi connectivity index (χ4v) is 2.23. The van der Waals surface area contributed by atoms with E-state index < -0.39 is 0 Å². The van der Waals surface area contributed by atoms with Crippen molar-refractivity contribution < 1.29 is 5.11 Å². The van der Waals surface area contributed by atoms with E-state index in [-0.39, 0.29) is 5.75 Å². The van der Waals surface area contributed by atoms with Crippen molar-refractivity contribution in [3.63, 3.8) is 0 Å².